The first kappa shape index (κ1) is 12.5. The highest BCUT2D eigenvalue weighted by Gasteiger charge is 2.39. The molecule has 0 atom stereocenters. The third kappa shape index (κ3) is 2.03. The molecule has 3 aromatic rings. The number of nitrogens with zero attached hydrogens (tertiary/aromatic N) is 4. The number of pyridine rings is 1. The summed E-state index contributed by atoms with van der Waals surface area (Å²) in [6.45, 7) is 0. The molecule has 6 nitrogen and oxygen atoms in total. The van der Waals surface area contributed by atoms with E-state index in [1.807, 2.05) is 28.8 Å². The van der Waals surface area contributed by atoms with Gasteiger partial charge in [-0.05, 0) is 31.4 Å². The average molecular weight is 284 g/mol. The standard InChI is InChI=1S/C15H16N4O2/c1-20-15(6-4-7-15)9-13-17-14(18-21-13)11-10-16-12-5-2-3-8-19(11)12/h2-3,5,8,10H,4,6-7,9H2,1H3. The second kappa shape index (κ2) is 4.66. The van der Waals surface area contributed by atoms with E-state index < -0.39 is 0 Å². The molecule has 21 heavy (non-hydrogen) atoms. The highest BCUT2D eigenvalue weighted by Crippen LogP contribution is 2.37. The molecule has 0 N–H and O–H groups in total. The molecule has 0 aliphatic heterocycles. The summed E-state index contributed by atoms with van der Waals surface area (Å²) in [4.78, 5) is 8.84. The largest absolute Gasteiger partial charge is 0.378 e. The zero-order valence-electron chi connectivity index (χ0n) is 11.8. The molecule has 0 aromatic carbocycles. The van der Waals surface area contributed by atoms with Crippen LogP contribution < -0.4 is 0 Å². The molecule has 0 radical (unpaired) electrons. The molecule has 3 aromatic heterocycles. The third-order valence-electron chi connectivity index (χ3n) is 4.29. The van der Waals surface area contributed by atoms with Crippen LogP contribution in [0.25, 0.3) is 17.2 Å². The minimum Gasteiger partial charge on any atom is -0.378 e. The maximum Gasteiger partial charge on any atom is 0.229 e. The molecule has 4 rings (SSSR count). The molecule has 0 amide bonds. The van der Waals surface area contributed by atoms with Crippen molar-refractivity contribution in [2.45, 2.75) is 31.3 Å². The molecular weight excluding hydrogens is 268 g/mol. The molecule has 0 bridgehead atoms. The Balaban J connectivity index is 1.65. The van der Waals surface area contributed by atoms with E-state index in [0.29, 0.717) is 18.1 Å². The van der Waals surface area contributed by atoms with E-state index >= 15 is 0 Å². The maximum absolute atomic E-state index is 5.60. The molecule has 1 aliphatic rings. The van der Waals surface area contributed by atoms with Gasteiger partial charge in [-0.15, -0.1) is 0 Å². The summed E-state index contributed by atoms with van der Waals surface area (Å²) in [6.07, 6.45) is 7.68. The third-order valence-corrected chi connectivity index (χ3v) is 4.29. The topological polar surface area (TPSA) is 65.5 Å². The lowest BCUT2D eigenvalue weighted by atomic mass is 9.77. The quantitative estimate of drug-likeness (QED) is 0.736. The normalized spacial score (nSPS) is 17.0. The Morgan fingerprint density at radius 1 is 1.38 bits per heavy atom. The molecule has 3 heterocycles. The van der Waals surface area contributed by atoms with Crippen molar-refractivity contribution in [1.29, 1.82) is 0 Å². The van der Waals surface area contributed by atoms with Gasteiger partial charge in [0.25, 0.3) is 0 Å². The van der Waals surface area contributed by atoms with Crippen LogP contribution in [-0.2, 0) is 11.2 Å². The number of methoxy groups -OCH3 is 1. The summed E-state index contributed by atoms with van der Waals surface area (Å²) in [5.74, 6) is 1.19. The lowest BCUT2D eigenvalue weighted by Crippen LogP contribution is -2.41. The van der Waals surface area contributed by atoms with E-state index in [2.05, 4.69) is 15.1 Å². The molecule has 108 valence electrons. The van der Waals surface area contributed by atoms with Gasteiger partial charge in [0.2, 0.25) is 11.7 Å². The van der Waals surface area contributed by atoms with E-state index in [4.69, 9.17) is 9.26 Å². The smallest absolute Gasteiger partial charge is 0.229 e. The molecular formula is C15H16N4O2. The second-order valence-corrected chi connectivity index (χ2v) is 5.50. The van der Waals surface area contributed by atoms with Gasteiger partial charge >= 0.3 is 0 Å². The lowest BCUT2D eigenvalue weighted by molar-refractivity contribution is -0.0751. The van der Waals surface area contributed by atoms with Crippen molar-refractivity contribution in [3.05, 3.63) is 36.5 Å². The Morgan fingerprint density at radius 3 is 3.05 bits per heavy atom. The molecule has 0 spiro atoms. The molecule has 6 heteroatoms. The zero-order valence-corrected chi connectivity index (χ0v) is 11.8. The van der Waals surface area contributed by atoms with Gasteiger partial charge < -0.3 is 9.26 Å². The number of hydrogen-bond acceptors (Lipinski definition) is 5. The molecule has 0 saturated heterocycles. The Bertz CT molecular complexity index is 767. The fourth-order valence-corrected chi connectivity index (χ4v) is 2.83. The summed E-state index contributed by atoms with van der Waals surface area (Å²) >= 11 is 0. The van der Waals surface area contributed by atoms with Crippen molar-refractivity contribution in [3.8, 4) is 11.5 Å². The van der Waals surface area contributed by atoms with Gasteiger partial charge in [0.1, 0.15) is 11.3 Å². The van der Waals surface area contributed by atoms with Gasteiger partial charge in [-0.3, -0.25) is 4.40 Å². The zero-order chi connectivity index (χ0) is 14.3. The number of imidazole rings is 1. The molecule has 1 saturated carbocycles. The van der Waals surface area contributed by atoms with Crippen LogP contribution in [0.5, 0.6) is 0 Å². The maximum atomic E-state index is 5.60. The van der Waals surface area contributed by atoms with E-state index in [1.54, 1.807) is 13.3 Å². The van der Waals surface area contributed by atoms with E-state index in [1.165, 1.54) is 6.42 Å². The van der Waals surface area contributed by atoms with Gasteiger partial charge in [-0.2, -0.15) is 4.98 Å². The van der Waals surface area contributed by atoms with Crippen molar-refractivity contribution >= 4 is 5.65 Å². The number of hydrogen-bond donors (Lipinski definition) is 0. The van der Waals surface area contributed by atoms with Gasteiger partial charge in [0.15, 0.2) is 0 Å². The lowest BCUT2D eigenvalue weighted by Gasteiger charge is -2.39. The molecule has 1 aliphatic carbocycles. The van der Waals surface area contributed by atoms with Crippen LogP contribution in [0.15, 0.2) is 35.1 Å². The Hall–Kier alpha value is -2.21. The molecule has 0 unspecified atom stereocenters. The van der Waals surface area contributed by atoms with Crippen LogP contribution in [0.3, 0.4) is 0 Å². The van der Waals surface area contributed by atoms with Crippen LogP contribution in [0, 0.1) is 0 Å². The Kier molecular flexibility index (Phi) is 2.78. The summed E-state index contributed by atoms with van der Waals surface area (Å²) in [7, 11) is 1.75. The molecule has 1 fully saturated rings. The summed E-state index contributed by atoms with van der Waals surface area (Å²) < 4.78 is 12.9. The Labute approximate surface area is 121 Å². The first-order valence-electron chi connectivity index (χ1n) is 7.10. The van der Waals surface area contributed by atoms with Gasteiger partial charge in [0, 0.05) is 13.3 Å². The SMILES string of the molecule is COC1(Cc2nc(-c3cnc4ccccn34)no2)CCC1. The predicted octanol–water partition coefficient (Wildman–Crippen LogP) is 2.50. The van der Waals surface area contributed by atoms with Gasteiger partial charge in [-0.25, -0.2) is 4.98 Å². The van der Waals surface area contributed by atoms with Crippen LogP contribution in [0.4, 0.5) is 0 Å². The Morgan fingerprint density at radius 2 is 2.29 bits per heavy atom. The van der Waals surface area contributed by atoms with Crippen molar-refractivity contribution in [2.24, 2.45) is 0 Å². The van der Waals surface area contributed by atoms with Crippen LogP contribution in [0.2, 0.25) is 0 Å². The van der Waals surface area contributed by atoms with E-state index in [9.17, 15) is 0 Å². The average Bonchev–Trinajstić information content (AvgIpc) is 3.09. The number of aromatic nitrogens is 4. The monoisotopic (exact) mass is 284 g/mol. The van der Waals surface area contributed by atoms with Crippen LogP contribution in [0.1, 0.15) is 25.2 Å². The predicted molar refractivity (Wildman–Crippen MR) is 75.8 cm³/mol. The fraction of sp³-hybridized carbons (Fsp3) is 0.400. The first-order valence-corrected chi connectivity index (χ1v) is 7.10. The number of rotatable bonds is 4. The van der Waals surface area contributed by atoms with Crippen LogP contribution >= 0.6 is 0 Å². The number of ether oxygens (including phenoxy) is 1. The highest BCUT2D eigenvalue weighted by molar-refractivity contribution is 5.56. The van der Waals surface area contributed by atoms with E-state index in [0.717, 1.165) is 24.2 Å². The number of fused-ring (bicyclic) bond motifs is 1. The van der Waals surface area contributed by atoms with Gasteiger partial charge in [-0.1, -0.05) is 11.2 Å². The van der Waals surface area contributed by atoms with Crippen molar-refractivity contribution < 1.29 is 9.26 Å². The minimum absolute atomic E-state index is 0.108. The fourth-order valence-electron chi connectivity index (χ4n) is 2.83. The van der Waals surface area contributed by atoms with Gasteiger partial charge in [0.05, 0.1) is 18.2 Å². The second-order valence-electron chi connectivity index (χ2n) is 5.50. The van der Waals surface area contributed by atoms with Crippen LogP contribution in [-0.4, -0.2) is 32.2 Å². The van der Waals surface area contributed by atoms with Crippen molar-refractivity contribution in [3.63, 3.8) is 0 Å². The summed E-state index contributed by atoms with van der Waals surface area (Å²) in [5, 5.41) is 4.08. The van der Waals surface area contributed by atoms with E-state index in [-0.39, 0.29) is 5.60 Å². The minimum atomic E-state index is -0.108. The first-order chi connectivity index (χ1) is 10.3. The summed E-state index contributed by atoms with van der Waals surface area (Å²) in [5.41, 5.74) is 1.59. The van der Waals surface area contributed by atoms with Crippen molar-refractivity contribution in [2.75, 3.05) is 7.11 Å². The highest BCUT2D eigenvalue weighted by atomic mass is 16.5. The summed E-state index contributed by atoms with van der Waals surface area (Å²) in [6, 6.07) is 5.85. The van der Waals surface area contributed by atoms with Crippen molar-refractivity contribution in [1.82, 2.24) is 19.5 Å².